The van der Waals surface area contributed by atoms with E-state index in [0.717, 1.165) is 13.0 Å². The van der Waals surface area contributed by atoms with Crippen molar-refractivity contribution < 1.29 is 4.79 Å². The van der Waals surface area contributed by atoms with Crippen molar-refractivity contribution in [2.75, 3.05) is 6.54 Å². The van der Waals surface area contributed by atoms with E-state index in [2.05, 4.69) is 25.8 Å². The molecule has 1 aromatic rings. The molecular formula is C14H18Cl2N2O. The number of carbonyl (C=O) groups excluding carboxylic acids is 1. The van der Waals surface area contributed by atoms with Crippen molar-refractivity contribution in [2.45, 2.75) is 33.2 Å². The van der Waals surface area contributed by atoms with Crippen LogP contribution in [0.25, 0.3) is 0 Å². The number of piperidine rings is 1. The van der Waals surface area contributed by atoms with Gasteiger partial charge in [-0.05, 0) is 37.3 Å². The molecule has 3 unspecified atom stereocenters. The SMILES string of the molecule is CC1CC(C)C(C)N(C(=O)c2ccc(Cl)nc2Cl)C1. The van der Waals surface area contributed by atoms with Crippen molar-refractivity contribution in [1.82, 2.24) is 9.88 Å². The highest BCUT2D eigenvalue weighted by molar-refractivity contribution is 6.34. The van der Waals surface area contributed by atoms with E-state index >= 15 is 0 Å². The quantitative estimate of drug-likeness (QED) is 0.737. The van der Waals surface area contributed by atoms with Gasteiger partial charge in [0.1, 0.15) is 10.3 Å². The number of hydrogen-bond donors (Lipinski definition) is 0. The van der Waals surface area contributed by atoms with Crippen LogP contribution < -0.4 is 0 Å². The van der Waals surface area contributed by atoms with E-state index in [-0.39, 0.29) is 17.1 Å². The lowest BCUT2D eigenvalue weighted by Crippen LogP contribution is -2.48. The van der Waals surface area contributed by atoms with Crippen molar-refractivity contribution in [3.05, 3.63) is 28.0 Å². The summed E-state index contributed by atoms with van der Waals surface area (Å²) in [5.41, 5.74) is 0.430. The second kappa shape index (κ2) is 5.68. The minimum Gasteiger partial charge on any atom is -0.335 e. The average molecular weight is 301 g/mol. The molecule has 0 spiro atoms. The van der Waals surface area contributed by atoms with Gasteiger partial charge in [0.2, 0.25) is 0 Å². The van der Waals surface area contributed by atoms with Crippen molar-refractivity contribution in [3.8, 4) is 0 Å². The van der Waals surface area contributed by atoms with E-state index in [1.807, 2.05) is 4.90 Å². The Morgan fingerprint density at radius 1 is 1.32 bits per heavy atom. The maximum atomic E-state index is 12.6. The zero-order valence-electron chi connectivity index (χ0n) is 11.4. The second-order valence-corrected chi connectivity index (χ2v) is 6.23. The minimum absolute atomic E-state index is 0.0555. The first-order valence-electron chi connectivity index (χ1n) is 6.53. The summed E-state index contributed by atoms with van der Waals surface area (Å²) in [5.74, 6) is 0.945. The second-order valence-electron chi connectivity index (χ2n) is 5.49. The van der Waals surface area contributed by atoms with Crippen LogP contribution in [0.3, 0.4) is 0 Å². The summed E-state index contributed by atoms with van der Waals surface area (Å²) in [6, 6.07) is 3.47. The molecule has 0 bridgehead atoms. The molecule has 0 aromatic carbocycles. The number of halogens is 2. The van der Waals surface area contributed by atoms with Crippen LogP contribution in [0, 0.1) is 11.8 Å². The molecular weight excluding hydrogens is 283 g/mol. The number of aromatic nitrogens is 1. The van der Waals surface area contributed by atoms with Gasteiger partial charge in [0.15, 0.2) is 0 Å². The monoisotopic (exact) mass is 300 g/mol. The molecule has 0 aliphatic carbocycles. The molecule has 5 heteroatoms. The van der Waals surface area contributed by atoms with Gasteiger partial charge in [0, 0.05) is 12.6 Å². The Morgan fingerprint density at radius 3 is 2.63 bits per heavy atom. The number of amides is 1. The fraction of sp³-hybridized carbons (Fsp3) is 0.571. The van der Waals surface area contributed by atoms with Crippen LogP contribution in [-0.4, -0.2) is 28.4 Å². The largest absolute Gasteiger partial charge is 0.335 e. The van der Waals surface area contributed by atoms with E-state index in [1.165, 1.54) is 0 Å². The van der Waals surface area contributed by atoms with Crippen LogP contribution in [0.1, 0.15) is 37.6 Å². The number of rotatable bonds is 1. The van der Waals surface area contributed by atoms with Gasteiger partial charge in [-0.3, -0.25) is 4.79 Å². The maximum Gasteiger partial charge on any atom is 0.257 e. The number of carbonyl (C=O) groups is 1. The molecule has 1 aliphatic heterocycles. The Labute approximate surface area is 123 Å². The van der Waals surface area contributed by atoms with Crippen molar-refractivity contribution in [3.63, 3.8) is 0 Å². The summed E-state index contributed by atoms with van der Waals surface area (Å²) in [5, 5.41) is 0.477. The molecule has 3 atom stereocenters. The Hall–Kier alpha value is -0.800. The number of hydrogen-bond acceptors (Lipinski definition) is 2. The molecule has 1 saturated heterocycles. The highest BCUT2D eigenvalue weighted by Crippen LogP contribution is 2.29. The Balaban J connectivity index is 2.27. The Bertz CT molecular complexity index is 492. The molecule has 1 amide bonds. The minimum atomic E-state index is -0.0555. The molecule has 0 radical (unpaired) electrons. The van der Waals surface area contributed by atoms with Gasteiger partial charge in [0.25, 0.3) is 5.91 Å². The normalized spacial score (nSPS) is 27.4. The third-order valence-corrected chi connectivity index (χ3v) is 4.40. The Kier molecular flexibility index (Phi) is 4.36. The van der Waals surface area contributed by atoms with Crippen LogP contribution in [0.4, 0.5) is 0 Å². The Morgan fingerprint density at radius 2 is 2.00 bits per heavy atom. The molecule has 0 saturated carbocycles. The molecule has 1 fully saturated rings. The smallest absolute Gasteiger partial charge is 0.257 e. The molecule has 104 valence electrons. The lowest BCUT2D eigenvalue weighted by atomic mass is 9.85. The fourth-order valence-electron chi connectivity index (χ4n) is 2.71. The molecule has 2 rings (SSSR count). The van der Waals surface area contributed by atoms with E-state index in [1.54, 1.807) is 12.1 Å². The first-order valence-corrected chi connectivity index (χ1v) is 7.28. The molecule has 19 heavy (non-hydrogen) atoms. The first-order chi connectivity index (χ1) is 8.90. The van der Waals surface area contributed by atoms with Crippen molar-refractivity contribution in [1.29, 1.82) is 0 Å². The summed E-state index contributed by atoms with van der Waals surface area (Å²) >= 11 is 11.8. The predicted octanol–water partition coefficient (Wildman–Crippen LogP) is 3.90. The van der Waals surface area contributed by atoms with Crippen molar-refractivity contribution in [2.24, 2.45) is 11.8 Å². The van der Waals surface area contributed by atoms with Crippen LogP contribution >= 0.6 is 23.2 Å². The van der Waals surface area contributed by atoms with E-state index in [4.69, 9.17) is 23.2 Å². The average Bonchev–Trinajstić information content (AvgIpc) is 2.33. The van der Waals surface area contributed by atoms with Gasteiger partial charge in [-0.2, -0.15) is 0 Å². The van der Waals surface area contributed by atoms with Gasteiger partial charge in [-0.15, -0.1) is 0 Å². The standard InChI is InChI=1S/C14H18Cl2N2O/c1-8-6-9(2)10(3)18(7-8)14(19)11-4-5-12(15)17-13(11)16/h4-5,8-10H,6-7H2,1-3H3. The summed E-state index contributed by atoms with van der Waals surface area (Å²) < 4.78 is 0. The van der Waals surface area contributed by atoms with E-state index < -0.39 is 0 Å². The zero-order valence-corrected chi connectivity index (χ0v) is 12.9. The third-order valence-electron chi connectivity index (χ3n) is 3.90. The van der Waals surface area contributed by atoms with Crippen LogP contribution in [0.15, 0.2) is 12.1 Å². The van der Waals surface area contributed by atoms with Crippen molar-refractivity contribution >= 4 is 29.1 Å². The third kappa shape index (κ3) is 3.03. The summed E-state index contributed by atoms with van der Waals surface area (Å²) in [6.45, 7) is 7.21. The van der Waals surface area contributed by atoms with Gasteiger partial charge < -0.3 is 4.90 Å². The number of pyridine rings is 1. The molecule has 3 nitrogen and oxygen atoms in total. The highest BCUT2D eigenvalue weighted by atomic mass is 35.5. The summed E-state index contributed by atoms with van der Waals surface area (Å²) in [7, 11) is 0. The van der Waals surface area contributed by atoms with E-state index in [9.17, 15) is 4.79 Å². The van der Waals surface area contributed by atoms with Gasteiger partial charge in [0.05, 0.1) is 5.56 Å². The van der Waals surface area contributed by atoms with Gasteiger partial charge >= 0.3 is 0 Å². The van der Waals surface area contributed by atoms with Crippen LogP contribution in [-0.2, 0) is 0 Å². The lowest BCUT2D eigenvalue weighted by Gasteiger charge is -2.41. The predicted molar refractivity (Wildman–Crippen MR) is 77.7 cm³/mol. The molecule has 1 aromatic heterocycles. The molecule has 1 aliphatic rings. The zero-order chi connectivity index (χ0) is 14.2. The lowest BCUT2D eigenvalue weighted by molar-refractivity contribution is 0.0455. The van der Waals surface area contributed by atoms with E-state index in [0.29, 0.717) is 22.6 Å². The highest BCUT2D eigenvalue weighted by Gasteiger charge is 2.33. The number of nitrogens with zero attached hydrogens (tertiary/aromatic N) is 2. The first kappa shape index (κ1) is 14.6. The summed E-state index contributed by atoms with van der Waals surface area (Å²) in [4.78, 5) is 18.4. The number of likely N-dealkylation sites (tertiary alicyclic amines) is 1. The van der Waals surface area contributed by atoms with Gasteiger partial charge in [-0.25, -0.2) is 4.98 Å². The van der Waals surface area contributed by atoms with Crippen LogP contribution in [0.2, 0.25) is 10.3 Å². The van der Waals surface area contributed by atoms with Crippen LogP contribution in [0.5, 0.6) is 0 Å². The van der Waals surface area contributed by atoms with Gasteiger partial charge in [-0.1, -0.05) is 37.0 Å². The topological polar surface area (TPSA) is 33.2 Å². The maximum absolute atomic E-state index is 12.6. The molecule has 2 heterocycles. The molecule has 0 N–H and O–H groups in total. The summed E-state index contributed by atoms with van der Waals surface area (Å²) in [6.07, 6.45) is 1.15. The fourth-order valence-corrected chi connectivity index (χ4v) is 3.14.